The second-order valence-electron chi connectivity index (χ2n) is 10.3. The molecule has 2 aliphatic heterocycles. The van der Waals surface area contributed by atoms with Crippen LogP contribution in [0, 0.1) is 5.92 Å². The van der Waals surface area contributed by atoms with Gasteiger partial charge in [-0.05, 0) is 55.3 Å². The largest absolute Gasteiger partial charge is 0.490 e. The highest BCUT2D eigenvalue weighted by Crippen LogP contribution is 2.39. The quantitative estimate of drug-likeness (QED) is 0.446. The zero-order valence-corrected chi connectivity index (χ0v) is 23.4. The number of nitrogens with zero attached hydrogens (tertiary/aromatic N) is 3. The van der Waals surface area contributed by atoms with E-state index in [0.717, 1.165) is 56.8 Å². The number of alkyl halides is 3. The highest BCUT2D eigenvalue weighted by atomic mass is 35.5. The van der Waals surface area contributed by atoms with Gasteiger partial charge >= 0.3 is 6.18 Å². The predicted octanol–water partition coefficient (Wildman–Crippen LogP) is 5.02. The van der Waals surface area contributed by atoms with Crippen molar-refractivity contribution >= 4 is 29.1 Å². The Hall–Kier alpha value is -2.04. The summed E-state index contributed by atoms with van der Waals surface area (Å²) in [6.45, 7) is 7.48. The highest BCUT2D eigenvalue weighted by Gasteiger charge is 2.40. The number of ether oxygens (including phenoxy) is 1. The summed E-state index contributed by atoms with van der Waals surface area (Å²) in [4.78, 5) is 19.7. The third-order valence-corrected chi connectivity index (χ3v) is 8.39. The van der Waals surface area contributed by atoms with Crippen LogP contribution in [0.1, 0.15) is 30.4 Å². The van der Waals surface area contributed by atoms with Gasteiger partial charge in [-0.15, -0.1) is 0 Å². The van der Waals surface area contributed by atoms with E-state index in [1.807, 2.05) is 24.0 Å². The first kappa shape index (κ1) is 29.9. The van der Waals surface area contributed by atoms with E-state index in [-0.39, 0.29) is 30.5 Å². The number of piperazine rings is 1. The smallest absolute Gasteiger partial charge is 0.416 e. The van der Waals surface area contributed by atoms with E-state index in [1.54, 1.807) is 6.07 Å². The Bertz CT molecular complexity index is 1110. The summed E-state index contributed by atoms with van der Waals surface area (Å²) < 4.78 is 45.0. The van der Waals surface area contributed by atoms with Crippen LogP contribution >= 0.6 is 23.2 Å². The van der Waals surface area contributed by atoms with Crippen molar-refractivity contribution in [3.05, 3.63) is 63.6 Å². The van der Waals surface area contributed by atoms with Gasteiger partial charge in [0.05, 0.1) is 22.2 Å². The monoisotopic (exact) mass is 587 g/mol. The summed E-state index contributed by atoms with van der Waals surface area (Å²) in [5, 5.41) is 9.92. The molecule has 0 saturated carbocycles. The standard InChI is InChI=1S/C28H34Cl2F3N3O3/c1-19(39-22-6-4-21(5-7-22)28(31,32)33)23-16-36(17-24(23)20-3-8-25(29)26(30)15-20)27(38)18-35-12-10-34(11-13-35)9-2-14-37/h3-8,15,19,23-24,37H,2,9-14,16-18H2,1H3/t19?,23-,24-/m0/s1. The zero-order valence-electron chi connectivity index (χ0n) is 21.8. The van der Waals surface area contributed by atoms with Gasteiger partial charge in [0.1, 0.15) is 11.9 Å². The van der Waals surface area contributed by atoms with Crippen molar-refractivity contribution in [2.24, 2.45) is 5.92 Å². The van der Waals surface area contributed by atoms with E-state index in [2.05, 4.69) is 9.80 Å². The molecule has 2 fully saturated rings. The fourth-order valence-corrected chi connectivity index (χ4v) is 5.69. The molecule has 2 aliphatic rings. The molecule has 0 spiro atoms. The molecule has 39 heavy (non-hydrogen) atoms. The molecule has 1 N–H and O–H groups in total. The Morgan fingerprint density at radius 2 is 1.69 bits per heavy atom. The minimum atomic E-state index is -4.42. The summed E-state index contributed by atoms with van der Waals surface area (Å²) in [6, 6.07) is 10.1. The van der Waals surface area contributed by atoms with Crippen LogP contribution in [0.25, 0.3) is 0 Å². The number of aliphatic hydroxyl groups is 1. The molecule has 2 saturated heterocycles. The van der Waals surface area contributed by atoms with E-state index < -0.39 is 11.7 Å². The maximum atomic E-state index is 13.4. The number of halogens is 5. The van der Waals surface area contributed by atoms with E-state index in [1.165, 1.54) is 12.1 Å². The van der Waals surface area contributed by atoms with Crippen LogP contribution < -0.4 is 4.74 Å². The van der Waals surface area contributed by atoms with Crippen molar-refractivity contribution in [1.29, 1.82) is 0 Å². The Morgan fingerprint density at radius 1 is 1.03 bits per heavy atom. The molecular weight excluding hydrogens is 554 g/mol. The van der Waals surface area contributed by atoms with Crippen LogP contribution in [0.5, 0.6) is 5.75 Å². The first-order valence-electron chi connectivity index (χ1n) is 13.2. The van der Waals surface area contributed by atoms with Crippen LogP contribution in [0.2, 0.25) is 10.0 Å². The molecular formula is C28H34Cl2F3N3O3. The predicted molar refractivity (Wildman–Crippen MR) is 145 cm³/mol. The Kier molecular flexibility index (Phi) is 10.0. The van der Waals surface area contributed by atoms with Gasteiger partial charge in [0.15, 0.2) is 0 Å². The maximum Gasteiger partial charge on any atom is 0.416 e. The molecule has 0 aliphatic carbocycles. The van der Waals surface area contributed by atoms with Gasteiger partial charge in [-0.1, -0.05) is 29.3 Å². The van der Waals surface area contributed by atoms with Crippen LogP contribution in [0.4, 0.5) is 13.2 Å². The van der Waals surface area contributed by atoms with Gasteiger partial charge in [-0.25, -0.2) is 0 Å². The molecule has 214 valence electrons. The van der Waals surface area contributed by atoms with Crippen LogP contribution in [0.15, 0.2) is 42.5 Å². The highest BCUT2D eigenvalue weighted by molar-refractivity contribution is 6.42. The third-order valence-electron chi connectivity index (χ3n) is 7.65. The van der Waals surface area contributed by atoms with Gasteiger partial charge in [-0.3, -0.25) is 9.69 Å². The molecule has 4 rings (SSSR count). The first-order valence-corrected chi connectivity index (χ1v) is 13.9. The molecule has 2 aromatic rings. The second kappa shape index (κ2) is 13.1. The molecule has 0 bridgehead atoms. The van der Waals surface area contributed by atoms with Crippen molar-refractivity contribution in [2.75, 3.05) is 59.0 Å². The Balaban J connectivity index is 1.44. The molecule has 11 heteroatoms. The molecule has 1 amide bonds. The number of carbonyl (C=O) groups excluding carboxylic acids is 1. The number of rotatable bonds is 9. The Morgan fingerprint density at radius 3 is 2.31 bits per heavy atom. The minimum absolute atomic E-state index is 0.0353. The summed E-state index contributed by atoms with van der Waals surface area (Å²) in [6.07, 6.45) is -4.05. The number of benzene rings is 2. The summed E-state index contributed by atoms with van der Waals surface area (Å²) in [5.41, 5.74) is 0.202. The number of amides is 1. The minimum Gasteiger partial charge on any atom is -0.490 e. The lowest BCUT2D eigenvalue weighted by molar-refractivity contribution is -0.137. The number of carbonyl (C=O) groups is 1. The SMILES string of the molecule is CC(Oc1ccc(C(F)(F)F)cc1)[C@@H]1CN(C(=O)CN2CCN(CCCO)CC2)C[C@H]1c1ccc(Cl)c(Cl)c1. The number of hydrogen-bond acceptors (Lipinski definition) is 5. The second-order valence-corrected chi connectivity index (χ2v) is 11.1. The average Bonchev–Trinajstić information content (AvgIpc) is 3.36. The lowest BCUT2D eigenvalue weighted by Crippen LogP contribution is -2.50. The summed E-state index contributed by atoms with van der Waals surface area (Å²) in [7, 11) is 0. The van der Waals surface area contributed by atoms with Crippen LogP contribution in [0.3, 0.4) is 0 Å². The molecule has 0 aromatic heterocycles. The summed E-state index contributed by atoms with van der Waals surface area (Å²) >= 11 is 12.5. The van der Waals surface area contributed by atoms with E-state index >= 15 is 0 Å². The van der Waals surface area contributed by atoms with Crippen molar-refractivity contribution in [2.45, 2.75) is 31.5 Å². The van der Waals surface area contributed by atoms with Gasteiger partial charge < -0.3 is 19.6 Å². The van der Waals surface area contributed by atoms with Crippen molar-refractivity contribution in [1.82, 2.24) is 14.7 Å². The number of likely N-dealkylation sites (tertiary alicyclic amines) is 1. The fourth-order valence-electron chi connectivity index (χ4n) is 5.39. The molecule has 0 radical (unpaired) electrons. The van der Waals surface area contributed by atoms with Crippen LogP contribution in [-0.2, 0) is 11.0 Å². The molecule has 2 heterocycles. The lowest BCUT2D eigenvalue weighted by atomic mass is 9.85. The maximum absolute atomic E-state index is 13.4. The summed E-state index contributed by atoms with van der Waals surface area (Å²) in [5.74, 6) is 0.188. The Labute approximate surface area is 237 Å². The molecule has 2 aromatic carbocycles. The topological polar surface area (TPSA) is 56.2 Å². The average molecular weight is 588 g/mol. The first-order chi connectivity index (χ1) is 18.5. The fraction of sp³-hybridized carbons (Fsp3) is 0.536. The van der Waals surface area contributed by atoms with E-state index in [4.69, 9.17) is 33.0 Å². The molecule has 6 nitrogen and oxygen atoms in total. The van der Waals surface area contributed by atoms with Gasteiger partial charge in [-0.2, -0.15) is 13.2 Å². The van der Waals surface area contributed by atoms with E-state index in [9.17, 15) is 18.0 Å². The molecule has 1 unspecified atom stereocenters. The van der Waals surface area contributed by atoms with Crippen molar-refractivity contribution in [3.63, 3.8) is 0 Å². The normalized spacial score (nSPS) is 21.8. The lowest BCUT2D eigenvalue weighted by Gasteiger charge is -2.35. The van der Waals surface area contributed by atoms with Crippen molar-refractivity contribution in [3.8, 4) is 5.75 Å². The van der Waals surface area contributed by atoms with Gasteiger partial charge in [0, 0.05) is 64.3 Å². The van der Waals surface area contributed by atoms with Crippen molar-refractivity contribution < 1.29 is 27.8 Å². The zero-order chi connectivity index (χ0) is 28.2. The number of aliphatic hydroxyl groups excluding tert-OH is 1. The number of hydrogen-bond donors (Lipinski definition) is 1. The van der Waals surface area contributed by atoms with Crippen LogP contribution in [-0.4, -0.2) is 90.8 Å². The molecule has 3 atom stereocenters. The third kappa shape index (κ3) is 7.79. The van der Waals surface area contributed by atoms with Gasteiger partial charge in [0.25, 0.3) is 0 Å². The van der Waals surface area contributed by atoms with E-state index in [0.29, 0.717) is 35.4 Å². The van der Waals surface area contributed by atoms with Gasteiger partial charge in [0.2, 0.25) is 5.91 Å².